The van der Waals surface area contributed by atoms with Gasteiger partial charge in [-0.2, -0.15) is 0 Å². The van der Waals surface area contributed by atoms with Crippen LogP contribution in [-0.2, 0) is 10.0 Å². The van der Waals surface area contributed by atoms with Crippen molar-refractivity contribution in [2.24, 2.45) is 5.92 Å². The molecule has 2 N–H and O–H groups in total. The second-order valence-corrected chi connectivity index (χ2v) is 6.82. The van der Waals surface area contributed by atoms with E-state index in [1.165, 1.54) is 0 Å². The number of phenols is 1. The van der Waals surface area contributed by atoms with Crippen molar-refractivity contribution < 1.29 is 13.5 Å². The maximum Gasteiger partial charge on any atom is 0.241 e. The second kappa shape index (κ2) is 6.77. The topological polar surface area (TPSA) is 66.4 Å². The third-order valence-electron chi connectivity index (χ3n) is 3.46. The van der Waals surface area contributed by atoms with Gasteiger partial charge in [0.2, 0.25) is 10.0 Å². The fourth-order valence-corrected chi connectivity index (χ4v) is 3.50. The Bertz CT molecular complexity index is 742. The molecule has 0 amide bonds. The van der Waals surface area contributed by atoms with Crippen LogP contribution in [0.3, 0.4) is 0 Å². The average molecular weight is 317 g/mol. The molecule has 0 fully saturated rings. The van der Waals surface area contributed by atoms with Crippen LogP contribution in [0.4, 0.5) is 0 Å². The predicted molar refractivity (Wildman–Crippen MR) is 87.0 cm³/mol. The summed E-state index contributed by atoms with van der Waals surface area (Å²) in [5.41, 5.74) is 0.687. The highest BCUT2D eigenvalue weighted by molar-refractivity contribution is 7.89. The molecule has 2 unspecified atom stereocenters. The third kappa shape index (κ3) is 3.75. The maximum atomic E-state index is 12.5. The van der Waals surface area contributed by atoms with Crippen molar-refractivity contribution in [2.45, 2.75) is 17.9 Å². The van der Waals surface area contributed by atoms with E-state index in [0.29, 0.717) is 5.56 Å². The molecule has 0 heterocycles. The highest BCUT2D eigenvalue weighted by Crippen LogP contribution is 2.27. The van der Waals surface area contributed by atoms with Crippen molar-refractivity contribution in [3.05, 3.63) is 72.8 Å². The lowest BCUT2D eigenvalue weighted by molar-refractivity contribution is 0.466. The van der Waals surface area contributed by atoms with Crippen LogP contribution >= 0.6 is 0 Å². The lowest BCUT2D eigenvalue weighted by Crippen LogP contribution is -2.32. The predicted octanol–water partition coefficient (Wildman–Crippen LogP) is 3.23. The summed E-state index contributed by atoms with van der Waals surface area (Å²) in [7, 11) is -3.66. The van der Waals surface area contributed by atoms with Gasteiger partial charge in [0.25, 0.3) is 0 Å². The van der Waals surface area contributed by atoms with Gasteiger partial charge >= 0.3 is 0 Å². The Labute approximate surface area is 131 Å². The smallest absolute Gasteiger partial charge is 0.241 e. The molecular weight excluding hydrogens is 298 g/mol. The lowest BCUT2D eigenvalue weighted by atomic mass is 9.95. The molecule has 0 saturated heterocycles. The van der Waals surface area contributed by atoms with E-state index >= 15 is 0 Å². The zero-order valence-corrected chi connectivity index (χ0v) is 13.1. The molecule has 2 atom stereocenters. The molecule has 0 aliphatic rings. The number of hydrogen-bond acceptors (Lipinski definition) is 3. The van der Waals surface area contributed by atoms with Gasteiger partial charge < -0.3 is 5.11 Å². The number of hydrogen-bond donors (Lipinski definition) is 2. The normalized spacial score (nSPS) is 14.2. The molecule has 116 valence electrons. The van der Waals surface area contributed by atoms with Gasteiger partial charge in [0.1, 0.15) is 5.75 Å². The Morgan fingerprint density at radius 2 is 1.82 bits per heavy atom. The summed E-state index contributed by atoms with van der Waals surface area (Å²) >= 11 is 0. The molecule has 5 heteroatoms. The summed E-state index contributed by atoms with van der Waals surface area (Å²) in [4.78, 5) is 0.205. The van der Waals surface area contributed by atoms with E-state index in [9.17, 15) is 13.5 Å². The molecule has 0 saturated carbocycles. The first-order valence-corrected chi connectivity index (χ1v) is 8.41. The van der Waals surface area contributed by atoms with Crippen LogP contribution in [0, 0.1) is 5.92 Å². The summed E-state index contributed by atoms with van der Waals surface area (Å²) in [5, 5.41) is 9.63. The van der Waals surface area contributed by atoms with Crippen LogP contribution in [0.2, 0.25) is 0 Å². The Morgan fingerprint density at radius 1 is 1.14 bits per heavy atom. The monoisotopic (exact) mass is 317 g/mol. The van der Waals surface area contributed by atoms with E-state index in [1.54, 1.807) is 60.7 Å². The Balaban J connectivity index is 2.38. The summed E-state index contributed by atoms with van der Waals surface area (Å²) in [6.45, 7) is 5.61. The third-order valence-corrected chi connectivity index (χ3v) is 4.92. The van der Waals surface area contributed by atoms with Crippen LogP contribution in [-0.4, -0.2) is 13.5 Å². The van der Waals surface area contributed by atoms with E-state index < -0.39 is 16.1 Å². The lowest BCUT2D eigenvalue weighted by Gasteiger charge is -2.23. The highest BCUT2D eigenvalue weighted by Gasteiger charge is 2.24. The summed E-state index contributed by atoms with van der Waals surface area (Å²) in [6, 6.07) is 14.3. The minimum absolute atomic E-state index is 0.0951. The van der Waals surface area contributed by atoms with Crippen LogP contribution in [0.25, 0.3) is 0 Å². The number of phenolic OH excluding ortho intramolecular Hbond substituents is 1. The molecular formula is C17H19NO3S. The first kappa shape index (κ1) is 16.3. The zero-order chi connectivity index (χ0) is 16.2. The van der Waals surface area contributed by atoms with E-state index in [1.807, 2.05) is 6.92 Å². The van der Waals surface area contributed by atoms with Crippen LogP contribution in [0.5, 0.6) is 5.75 Å². The Hall–Kier alpha value is -2.11. The fraction of sp³-hybridized carbons (Fsp3) is 0.176. The SMILES string of the molecule is C=CC(C)C(NS(=O)(=O)c1ccccc1)c1cccc(O)c1. The van der Waals surface area contributed by atoms with Crippen molar-refractivity contribution in [3.8, 4) is 5.75 Å². The van der Waals surface area contributed by atoms with E-state index in [2.05, 4.69) is 11.3 Å². The molecule has 2 rings (SSSR count). The molecule has 2 aromatic rings. The summed E-state index contributed by atoms with van der Waals surface area (Å²) < 4.78 is 27.7. The maximum absolute atomic E-state index is 12.5. The van der Waals surface area contributed by atoms with Crippen molar-refractivity contribution in [3.63, 3.8) is 0 Å². The molecule has 0 bridgehead atoms. The van der Waals surface area contributed by atoms with Gasteiger partial charge in [0.15, 0.2) is 0 Å². The Kier molecular flexibility index (Phi) is 5.00. The number of rotatable bonds is 6. The molecule has 2 aromatic carbocycles. The molecule has 0 aliphatic carbocycles. The van der Waals surface area contributed by atoms with E-state index in [-0.39, 0.29) is 16.6 Å². The fourth-order valence-electron chi connectivity index (χ4n) is 2.17. The van der Waals surface area contributed by atoms with Crippen molar-refractivity contribution in [2.75, 3.05) is 0 Å². The van der Waals surface area contributed by atoms with Crippen LogP contribution < -0.4 is 4.72 Å². The molecule has 22 heavy (non-hydrogen) atoms. The summed E-state index contributed by atoms with van der Waals surface area (Å²) in [6.07, 6.45) is 1.68. The summed E-state index contributed by atoms with van der Waals surface area (Å²) in [5.74, 6) is -0.0436. The number of aromatic hydroxyl groups is 1. The molecule has 0 aliphatic heterocycles. The second-order valence-electron chi connectivity index (χ2n) is 5.10. The van der Waals surface area contributed by atoms with Crippen molar-refractivity contribution >= 4 is 10.0 Å². The van der Waals surface area contributed by atoms with E-state index in [0.717, 1.165) is 0 Å². The van der Waals surface area contributed by atoms with Crippen LogP contribution in [0.15, 0.2) is 72.1 Å². The average Bonchev–Trinajstić information content (AvgIpc) is 2.53. The minimum atomic E-state index is -3.66. The quantitative estimate of drug-likeness (QED) is 0.804. The van der Waals surface area contributed by atoms with Crippen molar-refractivity contribution in [1.29, 1.82) is 0 Å². The highest BCUT2D eigenvalue weighted by atomic mass is 32.2. The first-order valence-electron chi connectivity index (χ1n) is 6.93. The Morgan fingerprint density at radius 3 is 2.41 bits per heavy atom. The van der Waals surface area contributed by atoms with Gasteiger partial charge in [0, 0.05) is 0 Å². The number of nitrogens with one attached hydrogen (secondary N) is 1. The standard InChI is InChI=1S/C17H19NO3S/c1-3-13(2)17(14-8-7-9-15(19)12-14)18-22(20,21)16-10-5-4-6-11-16/h3-13,17-19H,1H2,2H3. The number of sulfonamides is 1. The number of benzene rings is 2. The van der Waals surface area contributed by atoms with Gasteiger partial charge in [0.05, 0.1) is 10.9 Å². The molecule has 0 spiro atoms. The van der Waals surface area contributed by atoms with Gasteiger partial charge in [-0.25, -0.2) is 13.1 Å². The molecule has 4 nitrogen and oxygen atoms in total. The molecule has 0 radical (unpaired) electrons. The largest absolute Gasteiger partial charge is 0.508 e. The van der Waals surface area contributed by atoms with Crippen LogP contribution in [0.1, 0.15) is 18.5 Å². The van der Waals surface area contributed by atoms with Crippen molar-refractivity contribution in [1.82, 2.24) is 4.72 Å². The van der Waals surface area contributed by atoms with Gasteiger partial charge in [-0.15, -0.1) is 6.58 Å². The van der Waals surface area contributed by atoms with Gasteiger partial charge in [-0.1, -0.05) is 43.3 Å². The first-order chi connectivity index (χ1) is 10.4. The van der Waals surface area contributed by atoms with Gasteiger partial charge in [-0.3, -0.25) is 0 Å². The minimum Gasteiger partial charge on any atom is -0.508 e. The van der Waals surface area contributed by atoms with E-state index in [4.69, 9.17) is 0 Å². The molecule has 0 aromatic heterocycles. The van der Waals surface area contributed by atoms with Gasteiger partial charge in [-0.05, 0) is 35.7 Å². The zero-order valence-electron chi connectivity index (χ0n) is 12.3.